The number of amides is 1. The molecule has 9 nitrogen and oxygen atoms in total. The van der Waals surface area contributed by atoms with Gasteiger partial charge >= 0.3 is 0 Å². The molecule has 0 saturated carbocycles. The van der Waals surface area contributed by atoms with Crippen molar-refractivity contribution in [1.29, 1.82) is 0 Å². The Morgan fingerprint density at radius 1 is 1.36 bits per heavy atom. The molecule has 1 heterocycles. The molecular formula is C19H19N5O4. The lowest BCUT2D eigenvalue weighted by atomic mass is 10.0. The maximum absolute atomic E-state index is 12.2. The van der Waals surface area contributed by atoms with Gasteiger partial charge in [0.25, 0.3) is 5.69 Å². The molecule has 1 amide bonds. The number of carbonyl (C=O) groups excluding carboxylic acids is 1. The number of non-ortho nitro benzene ring substituents is 1. The second kappa shape index (κ2) is 8.41. The average molecular weight is 381 g/mol. The Labute approximate surface area is 161 Å². The van der Waals surface area contributed by atoms with E-state index in [9.17, 15) is 14.9 Å². The van der Waals surface area contributed by atoms with Crippen LogP contribution in [0.4, 0.5) is 5.69 Å². The lowest BCUT2D eigenvalue weighted by molar-refractivity contribution is -0.384. The molecule has 28 heavy (non-hydrogen) atoms. The molecule has 0 N–H and O–H groups in total. The topological polar surface area (TPSA) is 121 Å². The number of hydrogen-bond acceptors (Lipinski definition) is 5. The van der Waals surface area contributed by atoms with Crippen LogP contribution in [-0.4, -0.2) is 35.4 Å². The van der Waals surface area contributed by atoms with E-state index in [1.807, 2.05) is 12.1 Å². The number of benzene rings is 2. The van der Waals surface area contributed by atoms with Crippen LogP contribution in [0.1, 0.15) is 18.4 Å². The minimum Gasteiger partial charge on any atom is -0.496 e. The van der Waals surface area contributed by atoms with Gasteiger partial charge in [-0.25, -0.2) is 0 Å². The van der Waals surface area contributed by atoms with Crippen molar-refractivity contribution in [2.45, 2.75) is 25.4 Å². The van der Waals surface area contributed by atoms with Crippen molar-refractivity contribution >= 4 is 11.6 Å². The lowest BCUT2D eigenvalue weighted by Gasteiger charge is -2.24. The Kier molecular flexibility index (Phi) is 5.76. The summed E-state index contributed by atoms with van der Waals surface area (Å²) in [7, 11) is 1.54. The third-order valence-corrected chi connectivity index (χ3v) is 4.79. The van der Waals surface area contributed by atoms with Crippen LogP contribution >= 0.6 is 0 Å². The van der Waals surface area contributed by atoms with Crippen molar-refractivity contribution in [3.05, 3.63) is 68.6 Å². The number of likely N-dealkylation sites (tertiary alicyclic amines) is 1. The van der Waals surface area contributed by atoms with Gasteiger partial charge in [-0.3, -0.25) is 14.9 Å². The van der Waals surface area contributed by atoms with E-state index >= 15 is 0 Å². The fourth-order valence-corrected chi connectivity index (χ4v) is 3.39. The first kappa shape index (κ1) is 19.2. The number of nitro groups is 1. The van der Waals surface area contributed by atoms with Gasteiger partial charge in [0, 0.05) is 48.2 Å². The predicted molar refractivity (Wildman–Crippen MR) is 103 cm³/mol. The van der Waals surface area contributed by atoms with Crippen molar-refractivity contribution in [3.63, 3.8) is 0 Å². The molecule has 3 rings (SSSR count). The Morgan fingerprint density at radius 3 is 2.89 bits per heavy atom. The molecule has 1 aliphatic heterocycles. The van der Waals surface area contributed by atoms with Crippen LogP contribution in [0.25, 0.3) is 21.6 Å². The number of rotatable bonds is 7. The molecule has 1 atom stereocenters. The number of nitro benzene ring substituents is 1. The lowest BCUT2D eigenvalue weighted by Crippen LogP contribution is -2.34. The Bertz CT molecular complexity index is 955. The van der Waals surface area contributed by atoms with Gasteiger partial charge in [-0.2, -0.15) is 0 Å². The summed E-state index contributed by atoms with van der Waals surface area (Å²) in [6.45, 7) is 0.618. The molecule has 0 radical (unpaired) electrons. The molecule has 1 fully saturated rings. The molecule has 0 aliphatic carbocycles. The fourth-order valence-electron chi connectivity index (χ4n) is 3.39. The maximum atomic E-state index is 12.2. The normalized spacial score (nSPS) is 16.0. The molecule has 1 aliphatic rings. The molecule has 0 aromatic heterocycles. The summed E-state index contributed by atoms with van der Waals surface area (Å²) in [5, 5.41) is 14.7. The Hall–Kier alpha value is -3.58. The van der Waals surface area contributed by atoms with Crippen molar-refractivity contribution in [1.82, 2.24) is 4.90 Å². The quantitative estimate of drug-likeness (QED) is 0.236. The van der Waals surface area contributed by atoms with Gasteiger partial charge in [0.05, 0.1) is 12.0 Å². The van der Waals surface area contributed by atoms with Crippen LogP contribution in [-0.2, 0) is 11.3 Å². The zero-order valence-electron chi connectivity index (χ0n) is 15.3. The van der Waals surface area contributed by atoms with Crippen LogP contribution in [0, 0.1) is 10.1 Å². The van der Waals surface area contributed by atoms with Gasteiger partial charge in [-0.05, 0) is 35.2 Å². The number of nitrogens with zero attached hydrogens (tertiary/aromatic N) is 5. The average Bonchev–Trinajstić information content (AvgIpc) is 3.05. The smallest absolute Gasteiger partial charge is 0.270 e. The summed E-state index contributed by atoms with van der Waals surface area (Å²) in [5.74, 6) is 0.605. The van der Waals surface area contributed by atoms with Crippen molar-refractivity contribution in [3.8, 4) is 16.9 Å². The molecule has 0 bridgehead atoms. The summed E-state index contributed by atoms with van der Waals surface area (Å²) in [6, 6.07) is 11.7. The maximum Gasteiger partial charge on any atom is 0.270 e. The first-order valence-electron chi connectivity index (χ1n) is 8.75. The zero-order chi connectivity index (χ0) is 20.1. The molecule has 9 heteroatoms. The minimum absolute atomic E-state index is 0.00546. The number of carbonyl (C=O) groups is 1. The summed E-state index contributed by atoms with van der Waals surface area (Å²) in [5.41, 5.74) is 10.8. The van der Waals surface area contributed by atoms with Gasteiger partial charge in [0.15, 0.2) is 0 Å². The van der Waals surface area contributed by atoms with Crippen LogP contribution in [0.5, 0.6) is 5.75 Å². The van der Waals surface area contributed by atoms with E-state index in [4.69, 9.17) is 10.3 Å². The number of azide groups is 1. The van der Waals surface area contributed by atoms with Crippen molar-refractivity contribution in [2.24, 2.45) is 5.11 Å². The third-order valence-electron chi connectivity index (χ3n) is 4.79. The predicted octanol–water partition coefficient (Wildman–Crippen LogP) is 4.07. The van der Waals surface area contributed by atoms with E-state index in [2.05, 4.69) is 10.0 Å². The van der Waals surface area contributed by atoms with E-state index in [1.54, 1.807) is 23.1 Å². The molecule has 1 saturated heterocycles. The summed E-state index contributed by atoms with van der Waals surface area (Å²) >= 11 is 0. The van der Waals surface area contributed by atoms with Crippen LogP contribution in [0.2, 0.25) is 0 Å². The van der Waals surface area contributed by atoms with E-state index < -0.39 is 4.92 Å². The highest BCUT2D eigenvalue weighted by Crippen LogP contribution is 2.33. The molecule has 2 aromatic carbocycles. The highest BCUT2D eigenvalue weighted by atomic mass is 16.6. The fraction of sp³-hybridized carbons (Fsp3) is 0.316. The van der Waals surface area contributed by atoms with Crippen LogP contribution in [0.3, 0.4) is 0 Å². The molecule has 0 unspecified atom stereocenters. The Morgan fingerprint density at radius 2 is 2.18 bits per heavy atom. The molecule has 2 aromatic rings. The van der Waals surface area contributed by atoms with Gasteiger partial charge in [0.1, 0.15) is 5.75 Å². The van der Waals surface area contributed by atoms with Crippen molar-refractivity contribution < 1.29 is 14.5 Å². The van der Waals surface area contributed by atoms with E-state index in [-0.39, 0.29) is 24.2 Å². The van der Waals surface area contributed by atoms with E-state index in [1.165, 1.54) is 19.2 Å². The summed E-state index contributed by atoms with van der Waals surface area (Å²) in [4.78, 5) is 27.4. The standard InChI is InChI=1S/C19H19N5O4/c1-28-18-7-5-13(12-23-16(11-21-22-20)6-8-19(23)25)9-17(18)14-3-2-4-15(10-14)24(26)27/h2-5,7,9-10,16H,6,8,11-12H2,1H3/t16-/m0/s1. The molecular weight excluding hydrogens is 362 g/mol. The monoisotopic (exact) mass is 381 g/mol. The molecule has 144 valence electrons. The van der Waals surface area contributed by atoms with Crippen molar-refractivity contribution in [2.75, 3.05) is 13.7 Å². The van der Waals surface area contributed by atoms with E-state index in [0.29, 0.717) is 36.3 Å². The van der Waals surface area contributed by atoms with Crippen LogP contribution in [0.15, 0.2) is 47.6 Å². The van der Waals surface area contributed by atoms with Gasteiger partial charge < -0.3 is 9.64 Å². The number of methoxy groups -OCH3 is 1. The molecule has 0 spiro atoms. The SMILES string of the molecule is COc1ccc(CN2C(=O)CC[C@H]2CN=[N+]=[N-])cc1-c1cccc([N+](=O)[O-])c1. The van der Waals surface area contributed by atoms with E-state index in [0.717, 1.165) is 5.56 Å². The largest absolute Gasteiger partial charge is 0.496 e. The van der Waals surface area contributed by atoms with Gasteiger partial charge in [0.2, 0.25) is 5.91 Å². The van der Waals surface area contributed by atoms with Gasteiger partial charge in [-0.1, -0.05) is 23.3 Å². The second-order valence-corrected chi connectivity index (χ2v) is 6.47. The highest BCUT2D eigenvalue weighted by molar-refractivity contribution is 5.79. The second-order valence-electron chi connectivity index (χ2n) is 6.47. The first-order valence-corrected chi connectivity index (χ1v) is 8.75. The minimum atomic E-state index is -0.441. The summed E-state index contributed by atoms with van der Waals surface area (Å²) in [6.07, 6.45) is 1.09. The number of hydrogen-bond donors (Lipinski definition) is 0. The van der Waals surface area contributed by atoms with Crippen LogP contribution < -0.4 is 4.74 Å². The third kappa shape index (κ3) is 4.05. The number of ether oxygens (including phenoxy) is 1. The highest BCUT2D eigenvalue weighted by Gasteiger charge is 2.30. The first-order chi connectivity index (χ1) is 13.5. The van der Waals surface area contributed by atoms with Gasteiger partial charge in [-0.15, -0.1) is 0 Å². The summed E-state index contributed by atoms with van der Waals surface area (Å²) < 4.78 is 5.41. The Balaban J connectivity index is 1.93. The zero-order valence-corrected chi connectivity index (χ0v) is 15.3.